The molecular weight excluding hydrogens is 268 g/mol. The van der Waals surface area contributed by atoms with E-state index in [1.54, 1.807) is 13.8 Å². The smallest absolute Gasteiger partial charge is 0.320 e. The van der Waals surface area contributed by atoms with Gasteiger partial charge >= 0.3 is 11.9 Å². The van der Waals surface area contributed by atoms with E-state index in [0.717, 1.165) is 0 Å². The molecule has 0 bridgehead atoms. The predicted octanol–water partition coefficient (Wildman–Crippen LogP) is -1.17. The molecule has 8 heteroatoms. The SMILES string of the molecule is CC(O)C(C)C(N)C(=O)O.CC(O)C(C)C(N)C(=O)O. The molecule has 0 amide bonds. The van der Waals surface area contributed by atoms with E-state index >= 15 is 0 Å². The van der Waals surface area contributed by atoms with Gasteiger partial charge in [0, 0.05) is 11.8 Å². The molecule has 0 aromatic carbocycles. The highest BCUT2D eigenvalue weighted by Gasteiger charge is 2.24. The molecule has 8 N–H and O–H groups in total. The second-order valence-corrected chi connectivity index (χ2v) is 4.93. The highest BCUT2D eigenvalue weighted by atomic mass is 16.4. The highest BCUT2D eigenvalue weighted by molar-refractivity contribution is 5.73. The molecule has 20 heavy (non-hydrogen) atoms. The van der Waals surface area contributed by atoms with E-state index in [-0.39, 0.29) is 0 Å². The van der Waals surface area contributed by atoms with Gasteiger partial charge in [-0.2, -0.15) is 0 Å². The minimum atomic E-state index is -1.08. The number of carboxylic acids is 2. The van der Waals surface area contributed by atoms with Crippen LogP contribution >= 0.6 is 0 Å². The summed E-state index contributed by atoms with van der Waals surface area (Å²) >= 11 is 0. The number of aliphatic hydroxyl groups excluding tert-OH is 2. The zero-order chi connectivity index (χ0) is 16.6. The number of aliphatic carboxylic acids is 2. The van der Waals surface area contributed by atoms with Crippen LogP contribution in [0.15, 0.2) is 0 Å². The predicted molar refractivity (Wildman–Crippen MR) is 72.9 cm³/mol. The van der Waals surface area contributed by atoms with E-state index < -0.39 is 48.1 Å². The summed E-state index contributed by atoms with van der Waals surface area (Å²) < 4.78 is 0. The number of rotatable bonds is 6. The Kier molecular flexibility index (Phi) is 10.2. The molecule has 0 spiro atoms. The third kappa shape index (κ3) is 8.05. The fourth-order valence-corrected chi connectivity index (χ4v) is 1.05. The van der Waals surface area contributed by atoms with Crippen LogP contribution in [-0.4, -0.2) is 56.7 Å². The molecule has 0 saturated carbocycles. The van der Waals surface area contributed by atoms with Gasteiger partial charge in [0.05, 0.1) is 12.2 Å². The summed E-state index contributed by atoms with van der Waals surface area (Å²) in [5, 5.41) is 34.5. The van der Waals surface area contributed by atoms with E-state index in [1.165, 1.54) is 13.8 Å². The lowest BCUT2D eigenvalue weighted by molar-refractivity contribution is -0.141. The summed E-state index contributed by atoms with van der Waals surface area (Å²) in [7, 11) is 0. The first-order valence-corrected chi connectivity index (χ1v) is 6.26. The van der Waals surface area contributed by atoms with Gasteiger partial charge in [-0.3, -0.25) is 9.59 Å². The number of nitrogens with two attached hydrogens (primary N) is 2. The average molecular weight is 294 g/mol. The first-order chi connectivity index (χ1) is 8.93. The maximum Gasteiger partial charge on any atom is 0.320 e. The summed E-state index contributed by atoms with van der Waals surface area (Å²) in [6.07, 6.45) is -1.35. The van der Waals surface area contributed by atoms with E-state index in [0.29, 0.717) is 0 Å². The molecule has 6 unspecified atom stereocenters. The van der Waals surface area contributed by atoms with Gasteiger partial charge in [0.1, 0.15) is 12.1 Å². The van der Waals surface area contributed by atoms with Crippen LogP contribution in [0.4, 0.5) is 0 Å². The molecule has 6 atom stereocenters. The van der Waals surface area contributed by atoms with Gasteiger partial charge in [-0.1, -0.05) is 13.8 Å². The Labute approximate surface area is 118 Å². The van der Waals surface area contributed by atoms with E-state index in [2.05, 4.69) is 0 Å². The van der Waals surface area contributed by atoms with Crippen molar-refractivity contribution < 1.29 is 30.0 Å². The lowest BCUT2D eigenvalue weighted by Crippen LogP contribution is -2.41. The number of hydrogen-bond donors (Lipinski definition) is 6. The normalized spacial score (nSPS) is 19.6. The lowest BCUT2D eigenvalue weighted by Gasteiger charge is -2.17. The summed E-state index contributed by atoms with van der Waals surface area (Å²) in [6, 6.07) is -1.94. The Morgan fingerprint density at radius 2 is 0.950 bits per heavy atom. The molecule has 0 heterocycles. The van der Waals surface area contributed by atoms with Crippen molar-refractivity contribution in [2.75, 3.05) is 0 Å². The molecule has 0 aromatic rings. The Hall–Kier alpha value is -1.22. The highest BCUT2D eigenvalue weighted by Crippen LogP contribution is 2.06. The van der Waals surface area contributed by atoms with Crippen LogP contribution in [0, 0.1) is 11.8 Å². The van der Waals surface area contributed by atoms with Gasteiger partial charge < -0.3 is 31.9 Å². The Morgan fingerprint density at radius 1 is 0.750 bits per heavy atom. The summed E-state index contributed by atoms with van der Waals surface area (Å²) in [5.74, 6) is -2.96. The largest absolute Gasteiger partial charge is 0.480 e. The van der Waals surface area contributed by atoms with Crippen LogP contribution in [0.5, 0.6) is 0 Å². The molecule has 0 aliphatic carbocycles. The van der Waals surface area contributed by atoms with Gasteiger partial charge in [0.25, 0.3) is 0 Å². The average Bonchev–Trinajstić information content (AvgIpc) is 2.35. The van der Waals surface area contributed by atoms with Gasteiger partial charge in [-0.05, 0) is 13.8 Å². The third-order valence-electron chi connectivity index (χ3n) is 3.23. The topological polar surface area (TPSA) is 167 Å². The van der Waals surface area contributed by atoms with Crippen LogP contribution < -0.4 is 11.5 Å². The van der Waals surface area contributed by atoms with Crippen LogP contribution in [0.3, 0.4) is 0 Å². The Bertz CT molecular complexity index is 278. The number of carbonyl (C=O) groups is 2. The van der Waals surface area contributed by atoms with Crippen molar-refractivity contribution in [2.45, 2.75) is 52.0 Å². The van der Waals surface area contributed by atoms with E-state index in [1.807, 2.05) is 0 Å². The minimum absolute atomic E-state index is 0.405. The number of aliphatic hydroxyl groups is 2. The van der Waals surface area contributed by atoms with Crippen molar-refractivity contribution in [3.05, 3.63) is 0 Å². The zero-order valence-corrected chi connectivity index (χ0v) is 12.2. The Morgan fingerprint density at radius 3 is 1.00 bits per heavy atom. The molecular formula is C12H26N2O6. The maximum absolute atomic E-state index is 10.2. The van der Waals surface area contributed by atoms with Crippen LogP contribution in [0.1, 0.15) is 27.7 Å². The fraction of sp³-hybridized carbons (Fsp3) is 0.833. The summed E-state index contributed by atoms with van der Waals surface area (Å²) in [5.41, 5.74) is 10.4. The molecule has 0 rings (SSSR count). The van der Waals surface area contributed by atoms with E-state index in [4.69, 9.17) is 31.9 Å². The Balaban J connectivity index is 0. The maximum atomic E-state index is 10.2. The van der Waals surface area contributed by atoms with Crippen molar-refractivity contribution in [1.82, 2.24) is 0 Å². The van der Waals surface area contributed by atoms with Crippen LogP contribution in [-0.2, 0) is 9.59 Å². The summed E-state index contributed by atoms with van der Waals surface area (Å²) in [4.78, 5) is 20.4. The van der Waals surface area contributed by atoms with Gasteiger partial charge in [-0.25, -0.2) is 0 Å². The van der Waals surface area contributed by atoms with Gasteiger partial charge in [0.15, 0.2) is 0 Å². The second kappa shape index (κ2) is 9.65. The first-order valence-electron chi connectivity index (χ1n) is 6.26. The fourth-order valence-electron chi connectivity index (χ4n) is 1.05. The molecule has 0 radical (unpaired) electrons. The summed E-state index contributed by atoms with van der Waals surface area (Å²) in [6.45, 7) is 6.24. The standard InChI is InChI=1S/2C6H13NO3/c2*1-3(4(2)8)5(7)6(9)10/h2*3-5,8H,7H2,1-2H3,(H,9,10). The first kappa shape index (κ1) is 21.1. The molecule has 0 aromatic heterocycles. The van der Waals surface area contributed by atoms with Gasteiger partial charge in [-0.15, -0.1) is 0 Å². The van der Waals surface area contributed by atoms with Gasteiger partial charge in [0.2, 0.25) is 0 Å². The van der Waals surface area contributed by atoms with Crippen molar-refractivity contribution in [1.29, 1.82) is 0 Å². The number of hydrogen-bond acceptors (Lipinski definition) is 6. The zero-order valence-electron chi connectivity index (χ0n) is 12.2. The van der Waals surface area contributed by atoms with Crippen LogP contribution in [0.25, 0.3) is 0 Å². The molecule has 120 valence electrons. The molecule has 0 fully saturated rings. The van der Waals surface area contributed by atoms with Crippen LogP contribution in [0.2, 0.25) is 0 Å². The second-order valence-electron chi connectivity index (χ2n) is 4.93. The van der Waals surface area contributed by atoms with Crippen molar-refractivity contribution in [3.63, 3.8) is 0 Å². The molecule has 0 aliphatic heterocycles. The molecule has 0 aliphatic rings. The van der Waals surface area contributed by atoms with E-state index in [9.17, 15) is 9.59 Å². The lowest BCUT2D eigenvalue weighted by atomic mass is 9.98. The molecule has 8 nitrogen and oxygen atoms in total. The minimum Gasteiger partial charge on any atom is -0.480 e. The number of carboxylic acid groups (broad SMARTS) is 2. The third-order valence-corrected chi connectivity index (χ3v) is 3.23. The van der Waals surface area contributed by atoms with Crippen molar-refractivity contribution >= 4 is 11.9 Å². The quantitative estimate of drug-likeness (QED) is 0.356. The van der Waals surface area contributed by atoms with Crippen molar-refractivity contribution in [2.24, 2.45) is 23.3 Å². The van der Waals surface area contributed by atoms with Crippen molar-refractivity contribution in [3.8, 4) is 0 Å². The molecule has 0 saturated heterocycles. The monoisotopic (exact) mass is 294 g/mol.